The molecule has 0 nitrogen and oxygen atoms in total. The molecule has 4 aromatic carbocycles. The Morgan fingerprint density at radius 2 is 1.26 bits per heavy atom. The molecular weight excluding hydrogens is 599 g/mol. The van der Waals surface area contributed by atoms with Crippen molar-refractivity contribution in [3.8, 4) is 0 Å². The van der Waals surface area contributed by atoms with Gasteiger partial charge in [0.2, 0.25) is 0 Å². The summed E-state index contributed by atoms with van der Waals surface area (Å²) in [5, 5.41) is 5.42. The zero-order chi connectivity index (χ0) is 25.1. The van der Waals surface area contributed by atoms with Gasteiger partial charge in [0.15, 0.2) is 0 Å². The van der Waals surface area contributed by atoms with E-state index in [-0.39, 0.29) is 24.8 Å². The molecule has 194 valence electrons. The van der Waals surface area contributed by atoms with E-state index in [1.54, 1.807) is 22.3 Å². The monoisotopic (exact) mass is 632 g/mol. The van der Waals surface area contributed by atoms with Crippen LogP contribution in [0.25, 0.3) is 27.1 Å². The maximum absolute atomic E-state index is 2.74. The molecule has 0 saturated carbocycles. The molecule has 0 heterocycles. The first-order valence-electron chi connectivity index (χ1n) is 13.2. The van der Waals surface area contributed by atoms with Gasteiger partial charge in [-0.25, -0.2) is 0 Å². The van der Waals surface area contributed by atoms with Crippen molar-refractivity contribution in [2.24, 2.45) is 5.92 Å². The standard InChI is InChI=1S/C23H15.C9H13.C2H6Si.2ClH.Zr/c1-4-10-19-16(7-1)13-14-22(19)23-20-11-5-2-8-17(20)15-18-9-3-6-12-21(18)23;1-6-5-7(2)9(4)8(6)3;1-3-2;;;/h1-15H;6H,1-4H3;1-2H3;2*1H;. The molecule has 0 spiro atoms. The molecule has 0 aromatic heterocycles. The molecule has 0 aliphatic heterocycles. The normalized spacial score (nSPS) is 18.3. The van der Waals surface area contributed by atoms with Crippen molar-refractivity contribution in [2.45, 2.75) is 44.4 Å². The van der Waals surface area contributed by atoms with Gasteiger partial charge in [0.05, 0.1) is 0 Å². The van der Waals surface area contributed by atoms with Crippen LogP contribution in [-0.2, 0) is 20.4 Å². The summed E-state index contributed by atoms with van der Waals surface area (Å²) in [5.41, 5.74) is 10.4. The summed E-state index contributed by atoms with van der Waals surface area (Å²) in [6.45, 7) is 14.9. The fraction of sp³-hybridized carbons (Fsp3) is 0.235. The van der Waals surface area contributed by atoms with Crippen molar-refractivity contribution in [3.63, 3.8) is 0 Å². The van der Waals surface area contributed by atoms with Crippen LogP contribution in [0.3, 0.4) is 0 Å². The third kappa shape index (κ3) is 4.56. The van der Waals surface area contributed by atoms with Gasteiger partial charge in [-0.15, -0.1) is 24.8 Å². The Kier molecular flexibility index (Phi) is 8.80. The molecule has 38 heavy (non-hydrogen) atoms. The van der Waals surface area contributed by atoms with Crippen molar-refractivity contribution >= 4 is 57.4 Å². The molecule has 4 heteroatoms. The molecule has 0 N–H and O–H groups in total. The fourth-order valence-corrected chi connectivity index (χ4v) is 26.3. The van der Waals surface area contributed by atoms with Gasteiger partial charge in [-0.05, 0) is 0 Å². The molecule has 6 rings (SSSR count). The topological polar surface area (TPSA) is 0 Å². The van der Waals surface area contributed by atoms with Gasteiger partial charge in [-0.2, -0.15) is 0 Å². The third-order valence-corrected chi connectivity index (χ3v) is 27.3. The molecule has 2 unspecified atom stereocenters. The predicted molar refractivity (Wildman–Crippen MR) is 170 cm³/mol. The average molecular weight is 635 g/mol. The summed E-state index contributed by atoms with van der Waals surface area (Å²) in [7, 11) is 0. The maximum atomic E-state index is 2.74. The van der Waals surface area contributed by atoms with Crippen LogP contribution in [0, 0.1) is 5.92 Å². The van der Waals surface area contributed by atoms with E-state index in [2.05, 4.69) is 126 Å². The quantitative estimate of drug-likeness (QED) is 0.155. The zero-order valence-corrected chi connectivity index (χ0v) is 28.1. The van der Waals surface area contributed by atoms with Crippen molar-refractivity contribution in [1.82, 2.24) is 0 Å². The van der Waals surface area contributed by atoms with Gasteiger partial charge < -0.3 is 0 Å². The van der Waals surface area contributed by atoms with E-state index in [0.29, 0.717) is 9.54 Å². The van der Waals surface area contributed by atoms with Crippen LogP contribution in [0.1, 0.15) is 48.0 Å². The summed E-state index contributed by atoms with van der Waals surface area (Å²) in [5.74, 6) is 0.627. The predicted octanol–water partition coefficient (Wildman–Crippen LogP) is 10.5. The molecule has 0 fully saturated rings. The molecule has 4 aromatic rings. The van der Waals surface area contributed by atoms with Crippen LogP contribution in [0.15, 0.2) is 105 Å². The van der Waals surface area contributed by atoms with Crippen LogP contribution in [0.2, 0.25) is 13.1 Å². The summed E-state index contributed by atoms with van der Waals surface area (Å²) in [4.78, 5) is 0. The van der Waals surface area contributed by atoms with E-state index in [0.717, 1.165) is 0 Å². The van der Waals surface area contributed by atoms with Crippen LogP contribution < -0.4 is 0 Å². The molecule has 2 aliphatic rings. The Morgan fingerprint density at radius 3 is 1.82 bits per heavy atom. The molecule has 0 amide bonds. The van der Waals surface area contributed by atoms with Crippen LogP contribution in [0.4, 0.5) is 0 Å². The van der Waals surface area contributed by atoms with Gasteiger partial charge in [-0.3, -0.25) is 0 Å². The number of hydrogen-bond acceptors (Lipinski definition) is 0. The zero-order valence-electron chi connectivity index (χ0n) is 23.1. The molecule has 2 atom stereocenters. The summed E-state index contributed by atoms with van der Waals surface area (Å²) in [6, 6.07) is 29.7. The summed E-state index contributed by atoms with van der Waals surface area (Å²) >= 11 is -2.03. The van der Waals surface area contributed by atoms with Crippen LogP contribution >= 0.6 is 24.8 Å². The Bertz CT molecular complexity index is 1650. The number of hydrogen-bond donors (Lipinski definition) is 0. The maximum Gasteiger partial charge on any atom is -0.147 e. The number of rotatable bonds is 3. The molecule has 0 saturated heterocycles. The van der Waals surface area contributed by atoms with E-state index < -0.39 is 25.8 Å². The summed E-state index contributed by atoms with van der Waals surface area (Å²) in [6.07, 6.45) is 2.74. The molecule has 0 radical (unpaired) electrons. The van der Waals surface area contributed by atoms with Crippen molar-refractivity contribution in [3.05, 3.63) is 122 Å². The second-order valence-electron chi connectivity index (χ2n) is 10.8. The second kappa shape index (κ2) is 11.4. The first kappa shape index (κ1) is 29.3. The number of halogens is 2. The van der Waals surface area contributed by atoms with Gasteiger partial charge in [0.25, 0.3) is 0 Å². The van der Waals surface area contributed by atoms with Crippen LogP contribution in [0.5, 0.6) is 0 Å². The molecule has 2 aliphatic carbocycles. The third-order valence-electron chi connectivity index (χ3n) is 8.74. The van der Waals surface area contributed by atoms with Gasteiger partial charge in [-0.1, -0.05) is 0 Å². The fourth-order valence-electron chi connectivity index (χ4n) is 6.67. The van der Waals surface area contributed by atoms with E-state index >= 15 is 0 Å². The number of benzene rings is 4. The second-order valence-corrected chi connectivity index (χ2v) is 28.3. The Labute approximate surface area is 248 Å². The van der Waals surface area contributed by atoms with Crippen molar-refractivity contribution in [1.29, 1.82) is 0 Å². The van der Waals surface area contributed by atoms with E-state index in [9.17, 15) is 0 Å². The van der Waals surface area contributed by atoms with Gasteiger partial charge >= 0.3 is 225 Å². The Balaban J connectivity index is 0.00000168. The van der Waals surface area contributed by atoms with Crippen molar-refractivity contribution < 1.29 is 20.4 Å². The van der Waals surface area contributed by atoms with Crippen LogP contribution in [-0.4, -0.2) is 5.43 Å². The van der Waals surface area contributed by atoms with Gasteiger partial charge in [0.1, 0.15) is 0 Å². The summed E-state index contributed by atoms with van der Waals surface area (Å²) < 4.78 is 2.51. The van der Waals surface area contributed by atoms with E-state index in [4.69, 9.17) is 0 Å². The van der Waals surface area contributed by atoms with Crippen molar-refractivity contribution in [2.75, 3.05) is 0 Å². The molecule has 0 bridgehead atoms. The number of allylic oxidation sites excluding steroid dienone is 5. The smallest absolute Gasteiger partial charge is 0.147 e. The Hall–Kier alpha value is -1.70. The molecular formula is C34H36Cl2SiZr. The van der Waals surface area contributed by atoms with E-state index in [1.807, 2.05) is 3.28 Å². The van der Waals surface area contributed by atoms with Gasteiger partial charge in [0, 0.05) is 0 Å². The first-order chi connectivity index (χ1) is 17.4. The minimum Gasteiger partial charge on any atom is -0.147 e. The average Bonchev–Trinajstić information content (AvgIpc) is 3.34. The minimum absolute atomic E-state index is 0. The first-order valence-corrected chi connectivity index (χ1v) is 22.0. The Morgan fingerprint density at radius 1 is 0.711 bits per heavy atom. The van der Waals surface area contributed by atoms with E-state index in [1.165, 1.54) is 38.2 Å². The number of fused-ring (bicyclic) bond motifs is 3. The SMILES string of the molecule is CC1=C(C)C(C)[C]([Zr]([CH]2C=C(c3c4ccccc4cc4ccccc34)c3ccccc32)=[Si](C)C)=C1C.Cl.Cl. The minimum atomic E-state index is -2.03. The largest absolute Gasteiger partial charge is 0.147 e.